The molecule has 0 spiro atoms. The quantitative estimate of drug-likeness (QED) is 0.0197. The summed E-state index contributed by atoms with van der Waals surface area (Å²) in [5.74, 6) is -2.40. The molecule has 9 heteroatoms. The zero-order chi connectivity index (χ0) is 44.9. The second kappa shape index (κ2) is 42.9. The van der Waals surface area contributed by atoms with Crippen LogP contribution < -0.4 is 5.11 Å². The van der Waals surface area contributed by atoms with E-state index in [0.29, 0.717) is 30.3 Å². The van der Waals surface area contributed by atoms with Gasteiger partial charge in [-0.05, 0) is 89.9 Å². The lowest BCUT2D eigenvalue weighted by molar-refractivity contribution is -0.870. The number of ether oxygens (including phenoxy) is 4. The zero-order valence-corrected chi connectivity index (χ0v) is 39.0. The SMILES string of the molecule is CC/C=C\C/C=C\C/C=C\C/C=C\C/C=C\CCCC(=O)OC(COC(=O)CCCCCCCC/C=C\C/C=C\C/C=C\CCCCC)COC(OCC[N+](C)(C)C)C(=O)[O-]. The Bertz CT molecular complexity index is 1320. The molecule has 346 valence electrons. The van der Waals surface area contributed by atoms with Crippen LogP contribution in [0.15, 0.2) is 97.2 Å². The van der Waals surface area contributed by atoms with E-state index in [1.807, 2.05) is 27.2 Å². The minimum atomic E-state index is -1.64. The van der Waals surface area contributed by atoms with E-state index in [2.05, 4.69) is 105 Å². The molecule has 0 saturated heterocycles. The second-order valence-corrected chi connectivity index (χ2v) is 16.3. The van der Waals surface area contributed by atoms with Gasteiger partial charge in [0.05, 0.1) is 40.3 Å². The van der Waals surface area contributed by atoms with E-state index in [9.17, 15) is 19.5 Å². The summed E-state index contributed by atoms with van der Waals surface area (Å²) in [5.41, 5.74) is 0. The van der Waals surface area contributed by atoms with Crippen molar-refractivity contribution in [1.29, 1.82) is 0 Å². The summed E-state index contributed by atoms with van der Waals surface area (Å²) in [6.45, 7) is 4.49. The molecule has 0 radical (unpaired) electrons. The molecule has 0 N–H and O–H groups in total. The largest absolute Gasteiger partial charge is 0.545 e. The zero-order valence-electron chi connectivity index (χ0n) is 39.0. The van der Waals surface area contributed by atoms with Crippen LogP contribution in [0.4, 0.5) is 0 Å². The van der Waals surface area contributed by atoms with Crippen LogP contribution in [0, 0.1) is 0 Å². The molecule has 0 aromatic heterocycles. The van der Waals surface area contributed by atoms with Gasteiger partial charge < -0.3 is 33.3 Å². The minimum Gasteiger partial charge on any atom is -0.545 e. The Balaban J connectivity index is 4.55. The molecule has 0 bridgehead atoms. The fourth-order valence-corrected chi connectivity index (χ4v) is 5.69. The number of hydrogen-bond acceptors (Lipinski definition) is 8. The van der Waals surface area contributed by atoms with Crippen LogP contribution in [0.3, 0.4) is 0 Å². The van der Waals surface area contributed by atoms with Gasteiger partial charge in [-0.15, -0.1) is 0 Å². The third-order valence-corrected chi connectivity index (χ3v) is 9.32. The van der Waals surface area contributed by atoms with Crippen molar-refractivity contribution in [3.05, 3.63) is 97.2 Å². The molecule has 0 aromatic carbocycles. The molecule has 0 rings (SSSR count). The normalized spacial score (nSPS) is 13.8. The number of nitrogens with zero attached hydrogens (tertiary/aromatic N) is 1. The average Bonchev–Trinajstić information content (AvgIpc) is 3.22. The molecule has 2 atom stereocenters. The summed E-state index contributed by atoms with van der Waals surface area (Å²) in [4.78, 5) is 37.0. The summed E-state index contributed by atoms with van der Waals surface area (Å²) in [6, 6.07) is 0. The third kappa shape index (κ3) is 44.1. The van der Waals surface area contributed by atoms with E-state index < -0.39 is 30.3 Å². The average molecular weight is 852 g/mol. The van der Waals surface area contributed by atoms with Crippen molar-refractivity contribution in [3.63, 3.8) is 0 Å². The van der Waals surface area contributed by atoms with Gasteiger partial charge in [0.1, 0.15) is 13.2 Å². The van der Waals surface area contributed by atoms with Crippen LogP contribution in [0.25, 0.3) is 0 Å². The molecule has 0 aromatic rings. The van der Waals surface area contributed by atoms with Crippen molar-refractivity contribution < 1.29 is 42.9 Å². The van der Waals surface area contributed by atoms with Crippen molar-refractivity contribution in [2.75, 3.05) is 47.5 Å². The number of rotatable bonds is 41. The molecular weight excluding hydrogens is 767 g/mol. The van der Waals surface area contributed by atoms with Crippen molar-refractivity contribution in [1.82, 2.24) is 0 Å². The highest BCUT2D eigenvalue weighted by Crippen LogP contribution is 2.11. The third-order valence-electron chi connectivity index (χ3n) is 9.32. The minimum absolute atomic E-state index is 0.129. The van der Waals surface area contributed by atoms with Crippen molar-refractivity contribution in [2.45, 2.75) is 167 Å². The smallest absolute Gasteiger partial charge is 0.306 e. The highest BCUT2D eigenvalue weighted by atomic mass is 16.7. The summed E-state index contributed by atoms with van der Waals surface area (Å²) < 4.78 is 22.5. The van der Waals surface area contributed by atoms with Gasteiger partial charge in [-0.3, -0.25) is 9.59 Å². The van der Waals surface area contributed by atoms with Gasteiger partial charge in [0, 0.05) is 12.8 Å². The van der Waals surface area contributed by atoms with Crippen LogP contribution in [0.5, 0.6) is 0 Å². The topological polar surface area (TPSA) is 111 Å². The van der Waals surface area contributed by atoms with Crippen LogP contribution in [-0.4, -0.2) is 82.3 Å². The fraction of sp³-hybridized carbons (Fsp3) is 0.635. The molecule has 0 heterocycles. The number of hydrogen-bond donors (Lipinski definition) is 0. The van der Waals surface area contributed by atoms with E-state index in [0.717, 1.165) is 83.5 Å². The highest BCUT2D eigenvalue weighted by molar-refractivity contribution is 5.70. The summed E-state index contributed by atoms with van der Waals surface area (Å²) in [5, 5.41) is 11.7. The monoisotopic (exact) mass is 852 g/mol. The number of unbranched alkanes of at least 4 members (excludes halogenated alkanes) is 10. The Morgan fingerprint density at radius 3 is 1.44 bits per heavy atom. The van der Waals surface area contributed by atoms with Crippen molar-refractivity contribution in [2.24, 2.45) is 0 Å². The number of quaternary nitrogens is 1. The Labute approximate surface area is 372 Å². The molecule has 61 heavy (non-hydrogen) atoms. The Morgan fingerprint density at radius 1 is 0.508 bits per heavy atom. The van der Waals surface area contributed by atoms with Crippen molar-refractivity contribution >= 4 is 17.9 Å². The first-order chi connectivity index (χ1) is 29.6. The first-order valence-corrected chi connectivity index (χ1v) is 23.4. The first kappa shape index (κ1) is 57.2. The number of allylic oxidation sites excluding steroid dienone is 16. The highest BCUT2D eigenvalue weighted by Gasteiger charge is 2.21. The van der Waals surface area contributed by atoms with Gasteiger partial charge in [-0.1, -0.05) is 150 Å². The first-order valence-electron chi connectivity index (χ1n) is 23.4. The maximum atomic E-state index is 12.7. The van der Waals surface area contributed by atoms with Gasteiger partial charge >= 0.3 is 11.9 Å². The number of aliphatic carboxylic acids is 1. The van der Waals surface area contributed by atoms with E-state index in [1.165, 1.54) is 25.7 Å². The maximum absolute atomic E-state index is 12.7. The Hall–Kier alpha value is -3.79. The van der Waals surface area contributed by atoms with E-state index in [-0.39, 0.29) is 32.7 Å². The van der Waals surface area contributed by atoms with Crippen LogP contribution in [-0.2, 0) is 33.3 Å². The standard InChI is InChI=1S/C52H85NO8/c1-6-8-10-12-14-16-18-20-22-24-25-27-28-30-32-34-36-38-40-42-49(54)59-46-48(47-60-52(51(56)57)58-45-44-53(3,4)5)61-50(55)43-41-39-37-35-33-31-29-26-23-21-19-17-15-13-11-9-7-2/h9,11,14-17,20-23,25,27,29,31,35,37,48,52H,6-8,10,12-13,18-19,24,26,28,30,32-34,36,38-47H2,1-5H3/b11-9-,16-14-,17-15-,22-20-,23-21-,27-25-,31-29-,37-35-. The second-order valence-electron chi connectivity index (χ2n) is 16.3. The fourth-order valence-electron chi connectivity index (χ4n) is 5.69. The number of carbonyl (C=O) groups is 3. The molecule has 9 nitrogen and oxygen atoms in total. The lowest BCUT2D eigenvalue weighted by Gasteiger charge is -2.26. The lowest BCUT2D eigenvalue weighted by atomic mass is 10.1. The van der Waals surface area contributed by atoms with Crippen molar-refractivity contribution in [3.8, 4) is 0 Å². The maximum Gasteiger partial charge on any atom is 0.306 e. The number of carboxylic acid groups (broad SMARTS) is 1. The molecule has 0 amide bonds. The van der Waals surface area contributed by atoms with Gasteiger partial charge in [-0.2, -0.15) is 0 Å². The summed E-state index contributed by atoms with van der Waals surface area (Å²) in [7, 11) is 5.88. The predicted molar refractivity (Wildman–Crippen MR) is 250 cm³/mol. The van der Waals surface area contributed by atoms with Crippen LogP contribution >= 0.6 is 0 Å². The molecule has 0 fully saturated rings. The van der Waals surface area contributed by atoms with E-state index in [4.69, 9.17) is 18.9 Å². The predicted octanol–water partition coefficient (Wildman–Crippen LogP) is 11.3. The van der Waals surface area contributed by atoms with Gasteiger partial charge in [0.25, 0.3) is 0 Å². The van der Waals surface area contributed by atoms with Crippen LogP contribution in [0.2, 0.25) is 0 Å². The van der Waals surface area contributed by atoms with E-state index >= 15 is 0 Å². The molecule has 2 unspecified atom stereocenters. The number of carbonyl (C=O) groups excluding carboxylic acids is 3. The van der Waals surface area contributed by atoms with Gasteiger partial charge in [0.2, 0.25) is 0 Å². The number of carboxylic acids is 1. The lowest BCUT2D eigenvalue weighted by Crippen LogP contribution is -2.44. The summed E-state index contributed by atoms with van der Waals surface area (Å²) >= 11 is 0. The van der Waals surface area contributed by atoms with Crippen LogP contribution in [0.1, 0.15) is 155 Å². The Morgan fingerprint density at radius 2 is 0.951 bits per heavy atom. The number of esters is 2. The molecule has 0 aliphatic carbocycles. The molecule has 0 saturated carbocycles. The molecular formula is C52H85NO8. The molecule has 0 aliphatic heterocycles. The van der Waals surface area contributed by atoms with Gasteiger partial charge in [-0.25, -0.2) is 0 Å². The van der Waals surface area contributed by atoms with E-state index in [1.54, 1.807) is 0 Å². The summed E-state index contributed by atoms with van der Waals surface area (Å²) in [6.07, 6.45) is 53.0. The van der Waals surface area contributed by atoms with Gasteiger partial charge in [0.15, 0.2) is 12.4 Å². The number of likely N-dealkylation sites (N-methyl/N-ethyl adjacent to an activating group) is 1. The molecule has 0 aliphatic rings. The Kier molecular flexibility index (Phi) is 40.2.